The van der Waals surface area contributed by atoms with E-state index in [1.165, 1.54) is 13.8 Å². The van der Waals surface area contributed by atoms with Crippen LogP contribution in [0, 0.1) is 12.2 Å². The number of hydrogen-bond donors (Lipinski definition) is 0. The normalized spacial score (nSPS) is 16.4. The molecule has 4 unspecified atom stereocenters. The first-order valence-electron chi connectivity index (χ1n) is 14.7. The first-order valence-corrected chi connectivity index (χ1v) is 14.7. The van der Waals surface area contributed by atoms with Gasteiger partial charge in [-0.2, -0.15) is 36.1 Å². The number of alkyl halides is 7. The van der Waals surface area contributed by atoms with Crippen molar-refractivity contribution in [1.82, 2.24) is 0 Å². The zero-order valence-corrected chi connectivity index (χ0v) is 28.6. The van der Waals surface area contributed by atoms with Gasteiger partial charge in [-0.15, -0.1) is 0 Å². The molecule has 0 aromatic rings. The van der Waals surface area contributed by atoms with Crippen LogP contribution in [0.15, 0.2) is 71.9 Å². The van der Waals surface area contributed by atoms with E-state index >= 15 is 4.39 Å². The van der Waals surface area contributed by atoms with Crippen molar-refractivity contribution in [3.05, 3.63) is 71.9 Å². The van der Waals surface area contributed by atoms with Gasteiger partial charge in [-0.25, -0.2) is 49.1 Å². The largest absolute Gasteiger partial charge is 0.460 e. The molecule has 0 saturated heterocycles. The summed E-state index contributed by atoms with van der Waals surface area (Å²) in [5.74, 6) is -44.6. The molecule has 0 aliphatic rings. The van der Waals surface area contributed by atoms with E-state index in [2.05, 4.69) is 42.6 Å². The van der Waals surface area contributed by atoms with Gasteiger partial charge in [-0.05, 0) is 25.3 Å². The Morgan fingerprint density at radius 1 is 0.702 bits per heavy atom. The number of carbonyl (C=O) groups excluding carboxylic acids is 2. The van der Waals surface area contributed by atoms with Crippen molar-refractivity contribution in [3.63, 3.8) is 0 Å². The summed E-state index contributed by atoms with van der Waals surface area (Å²) in [6.07, 6.45) is -6.21. The maximum atomic E-state index is 15.0. The summed E-state index contributed by atoms with van der Waals surface area (Å²) in [4.78, 5) is 40.0. The van der Waals surface area contributed by atoms with Gasteiger partial charge in [0.2, 0.25) is 29.4 Å². The summed E-state index contributed by atoms with van der Waals surface area (Å²) in [7, 11) is 0. The third-order valence-corrected chi connectivity index (χ3v) is 5.83. The van der Waals surface area contributed by atoms with E-state index in [1.807, 2.05) is 12.2 Å². The van der Waals surface area contributed by atoms with Crippen LogP contribution in [-0.4, -0.2) is 81.3 Å². The van der Waals surface area contributed by atoms with Crippen LogP contribution in [0.2, 0.25) is 0 Å². The summed E-state index contributed by atoms with van der Waals surface area (Å²) in [5.41, 5.74) is 0. The molecule has 57 heavy (non-hydrogen) atoms. The van der Waals surface area contributed by atoms with Crippen LogP contribution in [0.25, 0.3) is 0 Å². The highest BCUT2D eigenvalue weighted by Crippen LogP contribution is 2.51. The van der Waals surface area contributed by atoms with Crippen LogP contribution >= 0.6 is 0 Å². The molecule has 0 heterocycles. The maximum Gasteiger partial charge on any atom is 0.460 e. The third-order valence-electron chi connectivity index (χ3n) is 5.83. The number of hydrogen-bond acceptors (Lipinski definition) is 12. The van der Waals surface area contributed by atoms with Gasteiger partial charge in [0.05, 0.1) is 13.2 Å². The van der Waals surface area contributed by atoms with Crippen LogP contribution in [0.5, 0.6) is 0 Å². The van der Waals surface area contributed by atoms with Gasteiger partial charge >= 0.3 is 29.9 Å². The van der Waals surface area contributed by atoms with Crippen molar-refractivity contribution in [3.8, 4) is 12.2 Å². The predicted octanol–water partition coefficient (Wildman–Crippen LogP) is 8.13. The van der Waals surface area contributed by atoms with Gasteiger partial charge in [0.1, 0.15) is 25.5 Å². The summed E-state index contributed by atoms with van der Waals surface area (Å²) in [6.45, 7) is 2.31. The number of halogens is 15. The monoisotopic (exact) mass is 864 g/mol. The van der Waals surface area contributed by atoms with E-state index in [9.17, 15) is 71.1 Å². The van der Waals surface area contributed by atoms with Gasteiger partial charge in [0.15, 0.2) is 35.5 Å². The van der Waals surface area contributed by atoms with Crippen LogP contribution in [0.4, 0.5) is 65.9 Å². The molecule has 0 rings (SSSR count). The van der Waals surface area contributed by atoms with Crippen molar-refractivity contribution in [2.75, 3.05) is 33.1 Å². The second kappa shape index (κ2) is 24.8. The fraction of sp³-hybridized carbons (Fsp3) is 0.467. The van der Waals surface area contributed by atoms with Gasteiger partial charge < -0.3 is 18.9 Å². The Kier molecular flexibility index (Phi) is 22.7. The Bertz CT molecular complexity index is 1570. The number of ether oxygens (including phenoxy) is 4. The van der Waals surface area contributed by atoms with Crippen LogP contribution in [0.3, 0.4) is 0 Å². The first kappa shape index (κ1) is 52.2. The second-order valence-corrected chi connectivity index (χ2v) is 9.89. The van der Waals surface area contributed by atoms with Gasteiger partial charge in [0.25, 0.3) is 0 Å². The SMILES string of the molecule is C=CC(=O)OOOOC(COC#COOC(C)C(C)OC(=O)C=C)COCCCOC(F)(/C(F)=C(F)/C(F)=C(F)/C(F)=C(F)/C(F)=C(\F)CF)C(F)(F)C(F)(F)F. The van der Waals surface area contributed by atoms with E-state index < -0.39 is 134 Å². The first-order chi connectivity index (χ1) is 26.4. The molecule has 12 nitrogen and oxygen atoms in total. The molecule has 27 heteroatoms. The number of carbonyl (C=O) groups is 2. The van der Waals surface area contributed by atoms with Crippen molar-refractivity contribution < 1.29 is 124 Å². The quantitative estimate of drug-likeness (QED) is 0.0129. The lowest BCUT2D eigenvalue weighted by molar-refractivity contribution is -0.626. The third kappa shape index (κ3) is 16.3. The Labute approximate surface area is 310 Å². The molecule has 4 atom stereocenters. The molecule has 0 fully saturated rings. The molecular weight excluding hydrogens is 837 g/mol. The predicted molar refractivity (Wildman–Crippen MR) is 154 cm³/mol. The summed E-state index contributed by atoms with van der Waals surface area (Å²) in [6, 6.07) is 0. The summed E-state index contributed by atoms with van der Waals surface area (Å²) < 4.78 is 222. The minimum Gasteiger partial charge on any atom is -0.457 e. The lowest BCUT2D eigenvalue weighted by Gasteiger charge is -2.33. The maximum absolute atomic E-state index is 15.0. The molecule has 0 aliphatic carbocycles. The Hall–Kier alpha value is -4.75. The zero-order valence-electron chi connectivity index (χ0n) is 28.6. The number of allylic oxidation sites excluding steroid dienone is 7. The molecule has 0 aromatic heterocycles. The van der Waals surface area contributed by atoms with Crippen LogP contribution in [0.1, 0.15) is 20.3 Å². The molecule has 0 saturated carbocycles. The summed E-state index contributed by atoms with van der Waals surface area (Å²) >= 11 is 0. The topological polar surface area (TPSA) is 126 Å². The molecule has 0 bridgehead atoms. The molecule has 0 N–H and O–H groups in total. The fourth-order valence-electron chi connectivity index (χ4n) is 2.81. The molecule has 0 radical (unpaired) electrons. The fourth-order valence-corrected chi connectivity index (χ4v) is 2.81. The minimum atomic E-state index is -7.19. The molecule has 0 spiro atoms. The van der Waals surface area contributed by atoms with Crippen LogP contribution in [-0.2, 0) is 58.2 Å². The lowest BCUT2D eigenvalue weighted by atomic mass is 10.1. The van der Waals surface area contributed by atoms with E-state index in [-0.39, 0.29) is 0 Å². The van der Waals surface area contributed by atoms with Crippen molar-refractivity contribution >= 4 is 11.9 Å². The summed E-state index contributed by atoms with van der Waals surface area (Å²) in [5, 5.41) is 7.96. The molecule has 0 amide bonds. The van der Waals surface area contributed by atoms with E-state index in [0.29, 0.717) is 6.08 Å². The Morgan fingerprint density at radius 2 is 1.26 bits per heavy atom. The second-order valence-electron chi connectivity index (χ2n) is 9.89. The zero-order chi connectivity index (χ0) is 44.1. The average molecular weight is 865 g/mol. The van der Waals surface area contributed by atoms with Crippen LogP contribution < -0.4 is 0 Å². The Morgan fingerprint density at radius 3 is 1.81 bits per heavy atom. The standard InChI is InChI=1S/C30H27F15O12/c1-5-19(46)52-15(3)16(4)53-51-11-10-49-14-17(54-56-57-55-20(47)6-2)13-48-8-7-9-50-28(40,29(41,42)30(43,44)45)27(39)26(38)25(37)24(36)23(35)22(34)21(33)18(32)12-31/h5-6,15-17H,1-2,7-9,12-14H2,3-4H3/b21-18+,23-22+,25-24+,27-26+. The van der Waals surface area contributed by atoms with E-state index in [0.717, 1.165) is 6.08 Å². The molecule has 0 aliphatic heterocycles. The minimum absolute atomic E-state index is 0.608. The van der Waals surface area contributed by atoms with Crippen molar-refractivity contribution in [2.24, 2.45) is 0 Å². The highest BCUT2D eigenvalue weighted by atomic mass is 19.4. The van der Waals surface area contributed by atoms with E-state index in [4.69, 9.17) is 19.1 Å². The number of esters is 1. The molecule has 324 valence electrons. The van der Waals surface area contributed by atoms with Crippen molar-refractivity contribution in [1.29, 1.82) is 0 Å². The smallest absolute Gasteiger partial charge is 0.457 e. The lowest BCUT2D eigenvalue weighted by Crippen LogP contribution is -2.56. The highest BCUT2D eigenvalue weighted by molar-refractivity contribution is 5.81. The average Bonchev–Trinajstić information content (AvgIpc) is 3.17. The number of rotatable bonds is 25. The Balaban J connectivity index is 5.86. The van der Waals surface area contributed by atoms with Gasteiger partial charge in [0, 0.05) is 23.8 Å². The van der Waals surface area contributed by atoms with Gasteiger partial charge in [-0.3, -0.25) is 9.78 Å². The highest BCUT2D eigenvalue weighted by Gasteiger charge is 2.75. The molecule has 0 aromatic carbocycles. The van der Waals surface area contributed by atoms with E-state index in [1.54, 1.807) is 0 Å². The molecular formula is C30H27F15O12. The van der Waals surface area contributed by atoms with Crippen molar-refractivity contribution in [2.45, 2.75) is 56.5 Å². The van der Waals surface area contributed by atoms with Gasteiger partial charge in [-0.1, -0.05) is 13.2 Å².